The minimum absolute atomic E-state index is 0.164. The SMILES string of the molecule is O=C(NC1CCN(C2CC2)C1)c1ccn(-c2cccc(F)c2)n1. The van der Waals surface area contributed by atoms with Gasteiger partial charge in [0, 0.05) is 31.4 Å². The van der Waals surface area contributed by atoms with Crippen LogP contribution in [-0.4, -0.2) is 45.8 Å². The monoisotopic (exact) mass is 314 g/mol. The van der Waals surface area contributed by atoms with Crippen LogP contribution in [0.4, 0.5) is 4.39 Å². The Morgan fingerprint density at radius 2 is 2.13 bits per heavy atom. The number of amides is 1. The van der Waals surface area contributed by atoms with Gasteiger partial charge in [0.2, 0.25) is 0 Å². The lowest BCUT2D eigenvalue weighted by atomic mass is 10.2. The van der Waals surface area contributed by atoms with Crippen molar-refractivity contribution in [1.82, 2.24) is 20.0 Å². The van der Waals surface area contributed by atoms with Gasteiger partial charge >= 0.3 is 0 Å². The lowest BCUT2D eigenvalue weighted by molar-refractivity contribution is 0.0932. The molecular formula is C17H19FN4O. The highest BCUT2D eigenvalue weighted by molar-refractivity contribution is 5.92. The van der Waals surface area contributed by atoms with Gasteiger partial charge in [0.05, 0.1) is 5.69 Å². The van der Waals surface area contributed by atoms with Crippen LogP contribution in [0.25, 0.3) is 5.69 Å². The zero-order valence-electron chi connectivity index (χ0n) is 12.8. The molecule has 6 heteroatoms. The van der Waals surface area contributed by atoms with Crippen LogP contribution in [0.5, 0.6) is 0 Å². The first-order chi connectivity index (χ1) is 11.2. The third kappa shape index (κ3) is 3.12. The number of halogens is 1. The molecule has 1 aromatic carbocycles. The Hall–Kier alpha value is -2.21. The van der Waals surface area contributed by atoms with Gasteiger partial charge in [-0.15, -0.1) is 0 Å². The van der Waals surface area contributed by atoms with Gasteiger partial charge in [0.25, 0.3) is 5.91 Å². The largest absolute Gasteiger partial charge is 0.347 e. The number of hydrogen-bond acceptors (Lipinski definition) is 3. The average Bonchev–Trinajstić information content (AvgIpc) is 3.09. The van der Waals surface area contributed by atoms with E-state index < -0.39 is 0 Å². The number of carbonyl (C=O) groups excluding carboxylic acids is 1. The lowest BCUT2D eigenvalue weighted by Gasteiger charge is -2.15. The van der Waals surface area contributed by atoms with Crippen molar-refractivity contribution in [2.24, 2.45) is 0 Å². The number of hydrogen-bond donors (Lipinski definition) is 1. The molecule has 1 aliphatic carbocycles. The third-order valence-electron chi connectivity index (χ3n) is 4.51. The van der Waals surface area contributed by atoms with Gasteiger partial charge in [-0.1, -0.05) is 6.07 Å². The summed E-state index contributed by atoms with van der Waals surface area (Å²) < 4.78 is 14.8. The number of nitrogens with one attached hydrogen (secondary N) is 1. The smallest absolute Gasteiger partial charge is 0.272 e. The zero-order chi connectivity index (χ0) is 15.8. The molecule has 120 valence electrons. The molecule has 0 radical (unpaired) electrons. The molecule has 2 fully saturated rings. The number of benzene rings is 1. The Bertz CT molecular complexity index is 725. The maximum Gasteiger partial charge on any atom is 0.272 e. The van der Waals surface area contributed by atoms with Gasteiger partial charge in [0.1, 0.15) is 5.82 Å². The Morgan fingerprint density at radius 1 is 1.26 bits per heavy atom. The van der Waals surface area contributed by atoms with E-state index in [1.165, 1.54) is 29.7 Å². The van der Waals surface area contributed by atoms with Gasteiger partial charge in [-0.25, -0.2) is 9.07 Å². The van der Waals surface area contributed by atoms with Crippen molar-refractivity contribution < 1.29 is 9.18 Å². The molecule has 2 aromatic rings. The van der Waals surface area contributed by atoms with Crippen molar-refractivity contribution in [3.8, 4) is 5.69 Å². The fraction of sp³-hybridized carbons (Fsp3) is 0.412. The summed E-state index contributed by atoms with van der Waals surface area (Å²) in [6.07, 6.45) is 5.25. The molecule has 23 heavy (non-hydrogen) atoms. The quantitative estimate of drug-likeness (QED) is 0.939. The first-order valence-corrected chi connectivity index (χ1v) is 8.05. The zero-order valence-corrected chi connectivity index (χ0v) is 12.8. The first-order valence-electron chi connectivity index (χ1n) is 8.05. The topological polar surface area (TPSA) is 50.2 Å². The summed E-state index contributed by atoms with van der Waals surface area (Å²) in [6, 6.07) is 8.74. The molecule has 1 aromatic heterocycles. The van der Waals surface area contributed by atoms with E-state index in [1.807, 2.05) is 0 Å². The molecule has 2 heterocycles. The van der Waals surface area contributed by atoms with Crippen LogP contribution < -0.4 is 5.32 Å². The molecular weight excluding hydrogens is 295 g/mol. The number of carbonyl (C=O) groups is 1. The molecule has 1 atom stereocenters. The van der Waals surface area contributed by atoms with E-state index in [0.29, 0.717) is 11.4 Å². The minimum Gasteiger partial charge on any atom is -0.347 e. The number of aromatic nitrogens is 2. The predicted octanol–water partition coefficient (Wildman–Crippen LogP) is 1.98. The van der Waals surface area contributed by atoms with Crippen molar-refractivity contribution in [3.05, 3.63) is 48.0 Å². The second-order valence-corrected chi connectivity index (χ2v) is 6.31. The highest BCUT2D eigenvalue weighted by Gasteiger charge is 2.34. The van der Waals surface area contributed by atoms with Crippen LogP contribution in [0, 0.1) is 5.82 Å². The summed E-state index contributed by atoms with van der Waals surface area (Å²) in [4.78, 5) is 14.8. The van der Waals surface area contributed by atoms with Crippen molar-refractivity contribution >= 4 is 5.91 Å². The Balaban J connectivity index is 1.41. The molecule has 1 saturated heterocycles. The molecule has 1 aliphatic heterocycles. The fourth-order valence-electron chi connectivity index (χ4n) is 3.14. The van der Waals surface area contributed by atoms with E-state index in [2.05, 4.69) is 15.3 Å². The molecule has 2 aliphatic rings. The summed E-state index contributed by atoms with van der Waals surface area (Å²) >= 11 is 0. The maximum atomic E-state index is 13.3. The summed E-state index contributed by atoms with van der Waals surface area (Å²) in [6.45, 7) is 1.99. The Kier molecular flexibility index (Phi) is 3.61. The second-order valence-electron chi connectivity index (χ2n) is 6.31. The molecule has 1 amide bonds. The molecule has 1 unspecified atom stereocenters. The van der Waals surface area contributed by atoms with E-state index in [0.717, 1.165) is 25.6 Å². The summed E-state index contributed by atoms with van der Waals surface area (Å²) in [5.74, 6) is -0.488. The van der Waals surface area contributed by atoms with Crippen molar-refractivity contribution in [3.63, 3.8) is 0 Å². The number of nitrogens with zero attached hydrogens (tertiary/aromatic N) is 3. The van der Waals surface area contributed by atoms with Crippen molar-refractivity contribution in [2.45, 2.75) is 31.3 Å². The normalized spacial score (nSPS) is 21.5. The van der Waals surface area contributed by atoms with Gasteiger partial charge in [0.15, 0.2) is 5.69 Å². The van der Waals surface area contributed by atoms with E-state index in [1.54, 1.807) is 24.4 Å². The lowest BCUT2D eigenvalue weighted by Crippen LogP contribution is -2.37. The van der Waals surface area contributed by atoms with E-state index in [9.17, 15) is 9.18 Å². The first kappa shape index (κ1) is 14.4. The van der Waals surface area contributed by atoms with Gasteiger partial charge in [-0.2, -0.15) is 5.10 Å². The molecule has 1 N–H and O–H groups in total. The van der Waals surface area contributed by atoms with Crippen LogP contribution in [0.1, 0.15) is 29.8 Å². The minimum atomic E-state index is -0.324. The number of likely N-dealkylation sites (tertiary alicyclic amines) is 1. The standard InChI is InChI=1S/C17H19FN4O/c18-12-2-1-3-15(10-12)22-9-7-16(20-22)17(23)19-13-6-8-21(11-13)14-4-5-14/h1-3,7,9-10,13-14H,4-6,8,11H2,(H,19,23). The van der Waals surface area contributed by atoms with Crippen LogP contribution in [0.15, 0.2) is 36.5 Å². The maximum absolute atomic E-state index is 13.3. The van der Waals surface area contributed by atoms with Crippen molar-refractivity contribution in [1.29, 1.82) is 0 Å². The summed E-state index contributed by atoms with van der Waals surface area (Å²) in [7, 11) is 0. The van der Waals surface area contributed by atoms with Gasteiger partial charge in [-0.3, -0.25) is 9.69 Å². The van der Waals surface area contributed by atoms with Gasteiger partial charge in [-0.05, 0) is 43.5 Å². The third-order valence-corrected chi connectivity index (χ3v) is 4.51. The van der Waals surface area contributed by atoms with Crippen LogP contribution >= 0.6 is 0 Å². The predicted molar refractivity (Wildman–Crippen MR) is 84.0 cm³/mol. The Labute approximate surface area is 134 Å². The molecule has 5 nitrogen and oxygen atoms in total. The molecule has 0 spiro atoms. The van der Waals surface area contributed by atoms with E-state index >= 15 is 0 Å². The van der Waals surface area contributed by atoms with Crippen LogP contribution in [0.2, 0.25) is 0 Å². The van der Waals surface area contributed by atoms with Gasteiger partial charge < -0.3 is 5.32 Å². The molecule has 0 bridgehead atoms. The van der Waals surface area contributed by atoms with E-state index in [-0.39, 0.29) is 17.8 Å². The highest BCUT2D eigenvalue weighted by atomic mass is 19.1. The fourth-order valence-corrected chi connectivity index (χ4v) is 3.14. The molecule has 4 rings (SSSR count). The van der Waals surface area contributed by atoms with E-state index in [4.69, 9.17) is 0 Å². The van der Waals surface area contributed by atoms with Crippen molar-refractivity contribution in [2.75, 3.05) is 13.1 Å². The Morgan fingerprint density at radius 3 is 2.91 bits per heavy atom. The molecule has 1 saturated carbocycles. The second kappa shape index (κ2) is 5.77. The highest BCUT2D eigenvalue weighted by Crippen LogP contribution is 2.29. The number of rotatable bonds is 4. The van der Waals surface area contributed by atoms with Crippen LogP contribution in [-0.2, 0) is 0 Å². The average molecular weight is 314 g/mol. The van der Waals surface area contributed by atoms with Crippen LogP contribution in [0.3, 0.4) is 0 Å². The summed E-state index contributed by atoms with van der Waals surface area (Å²) in [5, 5.41) is 7.31. The summed E-state index contributed by atoms with van der Waals surface area (Å²) in [5.41, 5.74) is 0.962.